The number of aliphatic imine (C=N–C) groups is 1. The van der Waals surface area contributed by atoms with Gasteiger partial charge in [-0.3, -0.25) is 4.99 Å². The number of nitrogens with two attached hydrogens (primary N) is 1. The molecule has 27 heavy (non-hydrogen) atoms. The summed E-state index contributed by atoms with van der Waals surface area (Å²) in [5, 5.41) is 4.06. The zero-order chi connectivity index (χ0) is 19.9. The molecule has 1 saturated heterocycles. The Labute approximate surface area is 170 Å². The molecular formula is C17H26Cl2N4O3S. The maximum atomic E-state index is 12.0. The highest BCUT2D eigenvalue weighted by Gasteiger charge is 2.17. The molecule has 1 fully saturated rings. The van der Waals surface area contributed by atoms with Crippen LogP contribution in [0.3, 0.4) is 0 Å². The average Bonchev–Trinajstić information content (AvgIpc) is 2.60. The number of benzene rings is 1. The third-order valence-electron chi connectivity index (χ3n) is 4.24. The van der Waals surface area contributed by atoms with Gasteiger partial charge in [0, 0.05) is 23.2 Å². The van der Waals surface area contributed by atoms with Crippen molar-refractivity contribution in [3.63, 3.8) is 0 Å². The second-order valence-corrected chi connectivity index (χ2v) is 9.22. The van der Waals surface area contributed by atoms with E-state index in [1.54, 1.807) is 18.2 Å². The van der Waals surface area contributed by atoms with Gasteiger partial charge in [0.15, 0.2) is 5.96 Å². The van der Waals surface area contributed by atoms with Crippen LogP contribution in [0.25, 0.3) is 0 Å². The lowest BCUT2D eigenvalue weighted by molar-refractivity contribution is 0.0200. The third kappa shape index (κ3) is 7.83. The molecule has 152 valence electrons. The Kier molecular flexibility index (Phi) is 8.62. The lowest BCUT2D eigenvalue weighted by Crippen LogP contribution is -2.38. The maximum absolute atomic E-state index is 12.0. The van der Waals surface area contributed by atoms with E-state index < -0.39 is 10.0 Å². The first-order valence-electron chi connectivity index (χ1n) is 8.87. The maximum Gasteiger partial charge on any atom is 0.213 e. The van der Waals surface area contributed by atoms with Crippen molar-refractivity contribution in [2.45, 2.75) is 38.3 Å². The van der Waals surface area contributed by atoms with E-state index in [2.05, 4.69) is 15.0 Å². The fourth-order valence-corrected chi connectivity index (χ4v) is 4.23. The Morgan fingerprint density at radius 3 is 2.85 bits per heavy atom. The van der Waals surface area contributed by atoms with Crippen molar-refractivity contribution in [3.05, 3.63) is 33.8 Å². The summed E-state index contributed by atoms with van der Waals surface area (Å²) in [6.45, 7) is 2.92. The highest BCUT2D eigenvalue weighted by Crippen LogP contribution is 2.25. The summed E-state index contributed by atoms with van der Waals surface area (Å²) in [7, 11) is -3.42. The first-order valence-corrected chi connectivity index (χ1v) is 11.3. The number of ether oxygens (including phenoxy) is 1. The first-order chi connectivity index (χ1) is 12.8. The normalized spacial score (nSPS) is 19.7. The van der Waals surface area contributed by atoms with Gasteiger partial charge in [-0.05, 0) is 43.9 Å². The van der Waals surface area contributed by atoms with Crippen molar-refractivity contribution in [3.8, 4) is 0 Å². The summed E-state index contributed by atoms with van der Waals surface area (Å²) in [4.78, 5) is 4.08. The molecule has 2 atom stereocenters. The zero-order valence-corrected chi connectivity index (χ0v) is 17.6. The number of hydrogen-bond acceptors (Lipinski definition) is 4. The molecule has 10 heteroatoms. The minimum Gasteiger partial charge on any atom is -0.377 e. The molecule has 1 aliphatic rings. The van der Waals surface area contributed by atoms with Crippen LogP contribution in [0.1, 0.15) is 37.8 Å². The van der Waals surface area contributed by atoms with Gasteiger partial charge < -0.3 is 15.8 Å². The van der Waals surface area contributed by atoms with Crippen molar-refractivity contribution >= 4 is 39.2 Å². The first kappa shape index (κ1) is 22.2. The molecule has 0 radical (unpaired) electrons. The molecule has 1 heterocycles. The number of nitrogens with one attached hydrogen (secondary N) is 2. The van der Waals surface area contributed by atoms with Gasteiger partial charge in [0.1, 0.15) is 0 Å². The molecule has 1 aliphatic heterocycles. The highest BCUT2D eigenvalue weighted by atomic mass is 35.5. The largest absolute Gasteiger partial charge is 0.377 e. The van der Waals surface area contributed by atoms with Gasteiger partial charge in [-0.25, -0.2) is 13.1 Å². The molecule has 0 aliphatic carbocycles. The van der Waals surface area contributed by atoms with E-state index in [0.29, 0.717) is 23.2 Å². The number of rotatable bonds is 8. The summed E-state index contributed by atoms with van der Waals surface area (Å²) >= 11 is 12.1. The van der Waals surface area contributed by atoms with Crippen LogP contribution >= 0.6 is 23.2 Å². The van der Waals surface area contributed by atoms with E-state index in [-0.39, 0.29) is 30.4 Å². The summed E-state index contributed by atoms with van der Waals surface area (Å²) < 4.78 is 32.2. The quantitative estimate of drug-likeness (QED) is 0.428. The summed E-state index contributed by atoms with van der Waals surface area (Å²) in [5.41, 5.74) is 6.67. The van der Waals surface area contributed by atoms with Crippen LogP contribution in [0.15, 0.2) is 23.2 Å². The zero-order valence-electron chi connectivity index (χ0n) is 15.2. The van der Waals surface area contributed by atoms with E-state index >= 15 is 0 Å². The molecule has 2 rings (SSSR count). The molecule has 1 aromatic carbocycles. The summed E-state index contributed by atoms with van der Waals surface area (Å²) in [6, 6.07) is 5.00. The van der Waals surface area contributed by atoms with Crippen molar-refractivity contribution in [1.82, 2.24) is 10.0 Å². The van der Waals surface area contributed by atoms with E-state index in [1.807, 2.05) is 6.92 Å². The summed E-state index contributed by atoms with van der Waals surface area (Å²) in [6.07, 6.45) is 2.93. The number of halogens is 2. The fraction of sp³-hybridized carbons (Fsp3) is 0.588. The van der Waals surface area contributed by atoms with Gasteiger partial charge in [-0.2, -0.15) is 0 Å². The smallest absolute Gasteiger partial charge is 0.213 e. The second-order valence-electron chi connectivity index (χ2n) is 6.45. The van der Waals surface area contributed by atoms with Crippen LogP contribution in [-0.4, -0.2) is 45.9 Å². The fourth-order valence-electron chi connectivity index (χ4n) is 2.74. The van der Waals surface area contributed by atoms with Gasteiger partial charge >= 0.3 is 0 Å². The van der Waals surface area contributed by atoms with Gasteiger partial charge in [0.05, 0.1) is 24.4 Å². The predicted octanol–water partition coefficient (Wildman–Crippen LogP) is 2.45. The molecule has 0 spiro atoms. The van der Waals surface area contributed by atoms with Crippen LogP contribution in [0.2, 0.25) is 10.0 Å². The predicted molar refractivity (Wildman–Crippen MR) is 110 cm³/mol. The van der Waals surface area contributed by atoms with Gasteiger partial charge in [0.2, 0.25) is 10.0 Å². The Morgan fingerprint density at radius 2 is 2.19 bits per heavy atom. The Morgan fingerprint density at radius 1 is 1.41 bits per heavy atom. The van der Waals surface area contributed by atoms with Crippen LogP contribution < -0.4 is 15.8 Å². The topological polar surface area (TPSA) is 106 Å². The SMILES string of the molecule is CC(NC(N)=NCCS(=O)(=O)NCC1CCCCO1)c1ccc(Cl)cc1Cl. The third-order valence-corrected chi connectivity index (χ3v) is 6.13. The van der Waals surface area contributed by atoms with Crippen LogP contribution in [0.4, 0.5) is 0 Å². The molecule has 0 amide bonds. The van der Waals surface area contributed by atoms with Crippen LogP contribution in [0, 0.1) is 0 Å². The van der Waals surface area contributed by atoms with Gasteiger partial charge in [-0.15, -0.1) is 0 Å². The Balaban J connectivity index is 1.78. The van der Waals surface area contributed by atoms with Crippen LogP contribution in [0.5, 0.6) is 0 Å². The lowest BCUT2D eigenvalue weighted by Gasteiger charge is -2.22. The van der Waals surface area contributed by atoms with Gasteiger partial charge in [-0.1, -0.05) is 29.3 Å². The molecule has 1 aromatic rings. The Bertz CT molecular complexity index is 753. The molecular weight excluding hydrogens is 411 g/mol. The van der Waals surface area contributed by atoms with Crippen molar-refractivity contribution in [1.29, 1.82) is 0 Å². The lowest BCUT2D eigenvalue weighted by atomic mass is 10.1. The van der Waals surface area contributed by atoms with Gasteiger partial charge in [0.25, 0.3) is 0 Å². The molecule has 0 bridgehead atoms. The van der Waals surface area contributed by atoms with Crippen molar-refractivity contribution in [2.75, 3.05) is 25.4 Å². The molecule has 0 aromatic heterocycles. The average molecular weight is 437 g/mol. The number of guanidine groups is 1. The minimum atomic E-state index is -3.42. The molecule has 7 nitrogen and oxygen atoms in total. The number of nitrogens with zero attached hydrogens (tertiary/aromatic N) is 1. The molecule has 4 N–H and O–H groups in total. The Hall–Kier alpha value is -1.06. The van der Waals surface area contributed by atoms with E-state index in [9.17, 15) is 8.42 Å². The molecule has 2 unspecified atom stereocenters. The molecule has 0 saturated carbocycles. The number of hydrogen-bond donors (Lipinski definition) is 3. The van der Waals surface area contributed by atoms with Crippen LogP contribution in [-0.2, 0) is 14.8 Å². The van der Waals surface area contributed by atoms with E-state index in [0.717, 1.165) is 24.8 Å². The van der Waals surface area contributed by atoms with Crippen molar-refractivity contribution < 1.29 is 13.2 Å². The monoisotopic (exact) mass is 436 g/mol. The van der Waals surface area contributed by atoms with Crippen molar-refractivity contribution in [2.24, 2.45) is 10.7 Å². The standard InChI is InChI=1S/C17H26Cl2N4O3S/c1-12(15-6-5-13(18)10-16(15)19)23-17(20)21-7-9-27(24,25)22-11-14-4-2-3-8-26-14/h5-6,10,12,14,22H,2-4,7-9,11H2,1H3,(H3,20,21,23). The second kappa shape index (κ2) is 10.5. The minimum absolute atomic E-state index is 0.0475. The highest BCUT2D eigenvalue weighted by molar-refractivity contribution is 7.89. The van der Waals surface area contributed by atoms with E-state index in [4.69, 9.17) is 33.7 Å². The van der Waals surface area contributed by atoms with E-state index in [1.165, 1.54) is 0 Å². The summed E-state index contributed by atoms with van der Waals surface area (Å²) in [5.74, 6) is 0.0115. The number of sulfonamides is 1.